The Morgan fingerprint density at radius 1 is 1.19 bits per heavy atom. The van der Waals surface area contributed by atoms with Gasteiger partial charge in [0, 0.05) is 22.9 Å². The SMILES string of the molecule is Cn1nc(-c2coc3ccccc23)c(-c2cccs2)c1N. The molecule has 1 aromatic carbocycles. The minimum atomic E-state index is 0.665. The molecule has 3 heterocycles. The highest BCUT2D eigenvalue weighted by Gasteiger charge is 2.21. The number of hydrogen-bond acceptors (Lipinski definition) is 4. The van der Waals surface area contributed by atoms with Gasteiger partial charge in [0.1, 0.15) is 23.4 Å². The van der Waals surface area contributed by atoms with Crippen LogP contribution in [0.5, 0.6) is 0 Å². The Balaban J connectivity index is 2.03. The number of fused-ring (bicyclic) bond motifs is 1. The number of anilines is 1. The Morgan fingerprint density at radius 3 is 2.86 bits per heavy atom. The van der Waals surface area contributed by atoms with Gasteiger partial charge >= 0.3 is 0 Å². The first-order chi connectivity index (χ1) is 10.3. The third-order valence-electron chi connectivity index (χ3n) is 3.60. The Bertz CT molecular complexity index is 918. The molecular weight excluding hydrogens is 282 g/mol. The Hall–Kier alpha value is -2.53. The first kappa shape index (κ1) is 12.2. The molecule has 0 atom stereocenters. The quantitative estimate of drug-likeness (QED) is 0.604. The van der Waals surface area contributed by atoms with Crippen molar-refractivity contribution < 1.29 is 4.42 Å². The third-order valence-corrected chi connectivity index (χ3v) is 4.48. The van der Waals surface area contributed by atoms with Crippen LogP contribution >= 0.6 is 11.3 Å². The molecule has 0 saturated heterocycles. The van der Waals surface area contributed by atoms with Crippen LogP contribution in [0.15, 0.2) is 52.5 Å². The van der Waals surface area contributed by atoms with E-state index in [1.165, 1.54) is 0 Å². The maximum Gasteiger partial charge on any atom is 0.134 e. The number of thiophene rings is 1. The average molecular weight is 295 g/mol. The molecule has 0 aliphatic heterocycles. The van der Waals surface area contributed by atoms with Crippen LogP contribution in [0.2, 0.25) is 0 Å². The minimum Gasteiger partial charge on any atom is -0.464 e. The van der Waals surface area contributed by atoms with Crippen LogP contribution in [0.3, 0.4) is 0 Å². The highest BCUT2D eigenvalue weighted by Crippen LogP contribution is 2.41. The molecular formula is C16H13N3OS. The summed E-state index contributed by atoms with van der Waals surface area (Å²) in [4.78, 5) is 1.11. The number of rotatable bonds is 2. The fourth-order valence-corrected chi connectivity index (χ4v) is 3.33. The van der Waals surface area contributed by atoms with E-state index in [1.54, 1.807) is 22.3 Å². The molecule has 0 amide bonds. The van der Waals surface area contributed by atoms with Crippen LogP contribution in [0, 0.1) is 0 Å². The lowest BCUT2D eigenvalue weighted by Gasteiger charge is -1.99. The average Bonchev–Trinajstić information content (AvgIpc) is 3.19. The second-order valence-corrected chi connectivity index (χ2v) is 5.80. The van der Waals surface area contributed by atoms with Gasteiger partial charge in [-0.1, -0.05) is 24.3 Å². The lowest BCUT2D eigenvalue weighted by atomic mass is 10.1. The van der Waals surface area contributed by atoms with Crippen LogP contribution in [0.25, 0.3) is 32.7 Å². The Labute approximate surface area is 125 Å². The molecule has 0 aliphatic carbocycles. The van der Waals surface area contributed by atoms with E-state index in [0.29, 0.717) is 5.82 Å². The molecule has 0 bridgehead atoms. The molecule has 4 rings (SSSR count). The predicted molar refractivity (Wildman–Crippen MR) is 86.1 cm³/mol. The number of hydrogen-bond donors (Lipinski definition) is 1. The molecule has 5 heteroatoms. The van der Waals surface area contributed by atoms with Gasteiger partial charge in [-0.25, -0.2) is 0 Å². The zero-order valence-electron chi connectivity index (χ0n) is 11.4. The van der Waals surface area contributed by atoms with Crippen LogP contribution < -0.4 is 5.73 Å². The van der Waals surface area contributed by atoms with Crippen molar-refractivity contribution >= 4 is 28.1 Å². The van der Waals surface area contributed by atoms with Crippen molar-refractivity contribution in [1.82, 2.24) is 9.78 Å². The Kier molecular flexibility index (Phi) is 2.62. The number of benzene rings is 1. The smallest absolute Gasteiger partial charge is 0.134 e. The lowest BCUT2D eigenvalue weighted by molar-refractivity contribution is 0.616. The third kappa shape index (κ3) is 1.78. The fraction of sp³-hybridized carbons (Fsp3) is 0.0625. The highest BCUT2D eigenvalue weighted by molar-refractivity contribution is 7.13. The monoisotopic (exact) mass is 295 g/mol. The lowest BCUT2D eigenvalue weighted by Crippen LogP contribution is -1.97. The van der Waals surface area contributed by atoms with Gasteiger partial charge in [0.15, 0.2) is 0 Å². The van der Waals surface area contributed by atoms with Crippen LogP contribution in [0.1, 0.15) is 0 Å². The molecule has 0 radical (unpaired) electrons. The largest absolute Gasteiger partial charge is 0.464 e. The van der Waals surface area contributed by atoms with E-state index in [0.717, 1.165) is 32.7 Å². The van der Waals surface area contributed by atoms with Crippen molar-refractivity contribution in [3.05, 3.63) is 48.0 Å². The summed E-state index contributed by atoms with van der Waals surface area (Å²) in [6.07, 6.45) is 1.75. The van der Waals surface area contributed by atoms with Gasteiger partial charge in [-0.3, -0.25) is 4.68 Å². The summed E-state index contributed by atoms with van der Waals surface area (Å²) >= 11 is 1.66. The summed E-state index contributed by atoms with van der Waals surface area (Å²) in [5, 5.41) is 7.69. The highest BCUT2D eigenvalue weighted by atomic mass is 32.1. The fourth-order valence-electron chi connectivity index (χ4n) is 2.55. The predicted octanol–water partition coefficient (Wildman–Crippen LogP) is 4.14. The van der Waals surface area contributed by atoms with E-state index in [9.17, 15) is 0 Å². The zero-order valence-corrected chi connectivity index (χ0v) is 12.2. The van der Waals surface area contributed by atoms with Crippen LogP contribution in [-0.4, -0.2) is 9.78 Å². The van der Waals surface area contributed by atoms with Crippen molar-refractivity contribution in [2.45, 2.75) is 0 Å². The summed E-state index contributed by atoms with van der Waals surface area (Å²) in [5.41, 5.74) is 9.88. The molecule has 0 aliphatic rings. The minimum absolute atomic E-state index is 0.665. The second kappa shape index (κ2) is 4.49. The number of aryl methyl sites for hydroxylation is 1. The summed E-state index contributed by atoms with van der Waals surface area (Å²) in [5.74, 6) is 0.665. The van der Waals surface area contributed by atoms with Crippen LogP contribution in [-0.2, 0) is 7.05 Å². The normalized spacial score (nSPS) is 11.3. The van der Waals surface area contributed by atoms with E-state index in [-0.39, 0.29) is 0 Å². The number of nitrogens with two attached hydrogens (primary N) is 1. The van der Waals surface area contributed by atoms with Crippen molar-refractivity contribution in [2.24, 2.45) is 7.05 Å². The maximum atomic E-state index is 6.22. The molecule has 0 fully saturated rings. The van der Waals surface area contributed by atoms with Gasteiger partial charge in [0.2, 0.25) is 0 Å². The number of para-hydroxylation sites is 1. The van der Waals surface area contributed by atoms with Gasteiger partial charge < -0.3 is 10.2 Å². The van der Waals surface area contributed by atoms with Crippen molar-refractivity contribution in [3.8, 4) is 21.7 Å². The van der Waals surface area contributed by atoms with Gasteiger partial charge in [-0.15, -0.1) is 11.3 Å². The summed E-state index contributed by atoms with van der Waals surface area (Å²) < 4.78 is 7.35. The van der Waals surface area contributed by atoms with E-state index in [2.05, 4.69) is 11.2 Å². The van der Waals surface area contributed by atoms with Crippen LogP contribution in [0.4, 0.5) is 5.82 Å². The molecule has 4 nitrogen and oxygen atoms in total. The molecule has 4 aromatic rings. The number of nitrogens with zero attached hydrogens (tertiary/aromatic N) is 2. The van der Waals surface area contributed by atoms with Crippen molar-refractivity contribution in [3.63, 3.8) is 0 Å². The van der Waals surface area contributed by atoms with Gasteiger partial charge in [-0.05, 0) is 17.5 Å². The molecule has 3 aromatic heterocycles. The van der Waals surface area contributed by atoms with E-state index < -0.39 is 0 Å². The summed E-state index contributed by atoms with van der Waals surface area (Å²) in [6.45, 7) is 0. The molecule has 2 N–H and O–H groups in total. The summed E-state index contributed by atoms with van der Waals surface area (Å²) in [7, 11) is 1.86. The van der Waals surface area contributed by atoms with Crippen molar-refractivity contribution in [1.29, 1.82) is 0 Å². The molecule has 0 saturated carbocycles. The van der Waals surface area contributed by atoms with Gasteiger partial charge in [0.05, 0.1) is 5.56 Å². The van der Waals surface area contributed by atoms with E-state index >= 15 is 0 Å². The molecule has 21 heavy (non-hydrogen) atoms. The first-order valence-electron chi connectivity index (χ1n) is 6.58. The zero-order chi connectivity index (χ0) is 14.4. The van der Waals surface area contributed by atoms with E-state index in [1.807, 2.05) is 42.8 Å². The first-order valence-corrected chi connectivity index (χ1v) is 7.46. The number of nitrogen functional groups attached to an aromatic ring is 1. The van der Waals surface area contributed by atoms with Crippen molar-refractivity contribution in [2.75, 3.05) is 5.73 Å². The standard InChI is InChI=1S/C16H13N3OS/c1-19-16(17)14(13-7-4-8-21-13)15(18-19)11-9-20-12-6-3-2-5-10(11)12/h2-9H,17H2,1H3. The number of aromatic nitrogens is 2. The Morgan fingerprint density at radius 2 is 2.05 bits per heavy atom. The molecule has 104 valence electrons. The maximum absolute atomic E-state index is 6.22. The van der Waals surface area contributed by atoms with Gasteiger partial charge in [0.25, 0.3) is 0 Å². The summed E-state index contributed by atoms with van der Waals surface area (Å²) in [6, 6.07) is 12.0. The number of furan rings is 1. The molecule has 0 spiro atoms. The second-order valence-electron chi connectivity index (χ2n) is 4.86. The molecule has 0 unspecified atom stereocenters. The topological polar surface area (TPSA) is 57.0 Å². The van der Waals surface area contributed by atoms with E-state index in [4.69, 9.17) is 10.2 Å². The van der Waals surface area contributed by atoms with Gasteiger partial charge in [-0.2, -0.15) is 5.10 Å².